The fourth-order valence-electron chi connectivity index (χ4n) is 1.24. The van der Waals surface area contributed by atoms with Crippen LogP contribution in [0.1, 0.15) is 18.1 Å². The Balaban J connectivity index is 3.01. The summed E-state index contributed by atoms with van der Waals surface area (Å²) >= 11 is 0. The number of carbonyl (C=O) groups excluding carboxylic acids is 1. The molecule has 0 aliphatic carbocycles. The minimum Gasteiger partial charge on any atom is -0.492 e. The predicted octanol–water partition coefficient (Wildman–Crippen LogP) is 2.08. The van der Waals surface area contributed by atoms with Gasteiger partial charge in [0.05, 0.1) is 29.7 Å². The van der Waals surface area contributed by atoms with Gasteiger partial charge in [0.15, 0.2) is 0 Å². The third-order valence-corrected chi connectivity index (χ3v) is 2.39. The van der Waals surface area contributed by atoms with Crippen LogP contribution in [0, 0.1) is 17.2 Å². The first kappa shape index (κ1) is 14.8. The van der Waals surface area contributed by atoms with Gasteiger partial charge in [0.25, 0.3) is 0 Å². The molecule has 0 heterocycles. The van der Waals surface area contributed by atoms with Crippen LogP contribution in [0.25, 0.3) is 0 Å². The summed E-state index contributed by atoms with van der Waals surface area (Å²) in [6.45, 7) is 1.18. The molecule has 0 bridgehead atoms. The van der Waals surface area contributed by atoms with E-state index in [4.69, 9.17) is 15.7 Å². The van der Waals surface area contributed by atoms with E-state index in [9.17, 15) is 18.0 Å². The summed E-state index contributed by atoms with van der Waals surface area (Å²) in [4.78, 5) is 10.8. The van der Waals surface area contributed by atoms with Gasteiger partial charge < -0.3 is 10.5 Å². The smallest absolute Gasteiger partial charge is 0.420 e. The van der Waals surface area contributed by atoms with Crippen LogP contribution in [0.5, 0.6) is 5.75 Å². The molecule has 0 fully saturated rings. The van der Waals surface area contributed by atoms with Crippen molar-refractivity contribution in [2.24, 2.45) is 11.7 Å². The van der Waals surface area contributed by atoms with Gasteiger partial charge in [-0.05, 0) is 18.2 Å². The number of ether oxygens (including phenoxy) is 1. The van der Waals surface area contributed by atoms with Crippen molar-refractivity contribution in [2.45, 2.75) is 13.1 Å². The molecule has 19 heavy (non-hydrogen) atoms. The van der Waals surface area contributed by atoms with E-state index in [1.54, 1.807) is 6.07 Å². The minimum atomic E-state index is -4.64. The van der Waals surface area contributed by atoms with Crippen molar-refractivity contribution in [2.75, 3.05) is 6.61 Å². The Bertz CT molecular complexity index is 521. The van der Waals surface area contributed by atoms with Gasteiger partial charge in [0.1, 0.15) is 5.75 Å². The third-order valence-electron chi connectivity index (χ3n) is 2.39. The maximum Gasteiger partial charge on any atom is 0.420 e. The highest BCUT2D eigenvalue weighted by atomic mass is 19.4. The van der Waals surface area contributed by atoms with Gasteiger partial charge in [-0.2, -0.15) is 18.4 Å². The molecular formula is C12H11F3N2O2. The molecule has 1 aromatic rings. The first-order valence-corrected chi connectivity index (χ1v) is 5.29. The summed E-state index contributed by atoms with van der Waals surface area (Å²) in [6, 6.07) is 4.58. The number of alkyl halides is 3. The Morgan fingerprint density at radius 3 is 2.63 bits per heavy atom. The van der Waals surface area contributed by atoms with Gasteiger partial charge >= 0.3 is 6.18 Å². The second kappa shape index (κ2) is 5.61. The molecule has 7 heteroatoms. The maximum absolute atomic E-state index is 12.8. The molecule has 1 amide bonds. The Labute approximate surface area is 107 Å². The van der Waals surface area contributed by atoms with E-state index in [0.717, 1.165) is 6.07 Å². The van der Waals surface area contributed by atoms with Gasteiger partial charge in [-0.15, -0.1) is 0 Å². The number of nitrogens with zero attached hydrogens (tertiary/aromatic N) is 1. The van der Waals surface area contributed by atoms with Crippen molar-refractivity contribution in [1.82, 2.24) is 0 Å². The fourth-order valence-corrected chi connectivity index (χ4v) is 1.24. The first-order valence-electron chi connectivity index (χ1n) is 5.29. The highest BCUT2D eigenvalue weighted by Crippen LogP contribution is 2.36. The molecule has 4 nitrogen and oxygen atoms in total. The van der Waals surface area contributed by atoms with Gasteiger partial charge in [0, 0.05) is 0 Å². The second-order valence-electron chi connectivity index (χ2n) is 3.93. The molecule has 0 aliphatic heterocycles. The number of rotatable bonds is 4. The number of halogens is 3. The zero-order valence-electron chi connectivity index (χ0n) is 9.99. The van der Waals surface area contributed by atoms with Gasteiger partial charge in [-0.3, -0.25) is 4.79 Å². The van der Waals surface area contributed by atoms with E-state index in [2.05, 4.69) is 0 Å². The predicted molar refractivity (Wildman–Crippen MR) is 60.0 cm³/mol. The van der Waals surface area contributed by atoms with Crippen LogP contribution in [0.4, 0.5) is 13.2 Å². The quantitative estimate of drug-likeness (QED) is 0.911. The molecule has 0 aliphatic rings. The molecule has 1 atom stereocenters. The van der Waals surface area contributed by atoms with Crippen LogP contribution < -0.4 is 10.5 Å². The SMILES string of the molecule is CC(COc1ccc(C#N)cc1C(F)(F)F)C(N)=O. The lowest BCUT2D eigenvalue weighted by molar-refractivity contribution is -0.139. The Morgan fingerprint density at radius 1 is 1.53 bits per heavy atom. The third kappa shape index (κ3) is 3.88. The number of carbonyl (C=O) groups is 1. The zero-order valence-corrected chi connectivity index (χ0v) is 9.99. The number of benzene rings is 1. The van der Waals surface area contributed by atoms with Crippen LogP contribution in [-0.2, 0) is 11.0 Å². The van der Waals surface area contributed by atoms with E-state index in [1.165, 1.54) is 13.0 Å². The summed E-state index contributed by atoms with van der Waals surface area (Å²) in [5.74, 6) is -1.81. The monoisotopic (exact) mass is 272 g/mol. The standard InChI is InChI=1S/C12H11F3N2O2/c1-7(11(17)18)6-19-10-3-2-8(5-16)4-9(10)12(13,14)15/h2-4,7H,6H2,1H3,(H2,17,18). The van der Waals surface area contributed by atoms with Gasteiger partial charge in [0.2, 0.25) is 5.91 Å². The lowest BCUT2D eigenvalue weighted by Crippen LogP contribution is -2.26. The van der Waals surface area contributed by atoms with Crippen molar-refractivity contribution in [3.8, 4) is 11.8 Å². The van der Waals surface area contributed by atoms with Gasteiger partial charge in [-0.1, -0.05) is 6.92 Å². The number of hydrogen-bond acceptors (Lipinski definition) is 3. The summed E-state index contributed by atoms with van der Waals surface area (Å²) in [7, 11) is 0. The average Bonchev–Trinajstić information content (AvgIpc) is 2.34. The van der Waals surface area contributed by atoms with Crippen molar-refractivity contribution in [1.29, 1.82) is 5.26 Å². The lowest BCUT2D eigenvalue weighted by Gasteiger charge is -2.15. The van der Waals surface area contributed by atoms with Crippen LogP contribution in [0.2, 0.25) is 0 Å². The van der Waals surface area contributed by atoms with E-state index in [-0.39, 0.29) is 12.2 Å². The molecule has 0 saturated heterocycles. The molecule has 102 valence electrons. The number of nitrogens with two attached hydrogens (primary N) is 1. The highest BCUT2D eigenvalue weighted by molar-refractivity contribution is 5.76. The average molecular weight is 272 g/mol. The van der Waals surface area contributed by atoms with Crippen molar-refractivity contribution in [3.05, 3.63) is 29.3 Å². The number of hydrogen-bond donors (Lipinski definition) is 1. The Morgan fingerprint density at radius 2 is 2.16 bits per heavy atom. The molecule has 0 radical (unpaired) electrons. The molecule has 1 rings (SSSR count). The van der Waals surface area contributed by atoms with E-state index >= 15 is 0 Å². The minimum absolute atomic E-state index is 0.123. The van der Waals surface area contributed by atoms with Crippen LogP contribution in [0.3, 0.4) is 0 Å². The van der Waals surface area contributed by atoms with Crippen molar-refractivity contribution >= 4 is 5.91 Å². The first-order chi connectivity index (χ1) is 8.75. The Kier molecular flexibility index (Phi) is 4.38. The number of primary amides is 1. The van der Waals surface area contributed by atoms with E-state index in [1.807, 2.05) is 0 Å². The number of nitriles is 1. The molecule has 0 spiro atoms. The van der Waals surface area contributed by atoms with Crippen molar-refractivity contribution in [3.63, 3.8) is 0 Å². The molecule has 1 unspecified atom stereocenters. The summed E-state index contributed by atoms with van der Waals surface area (Å²) in [5.41, 5.74) is 3.81. The van der Waals surface area contributed by atoms with E-state index < -0.39 is 29.3 Å². The second-order valence-corrected chi connectivity index (χ2v) is 3.93. The van der Waals surface area contributed by atoms with Crippen LogP contribution >= 0.6 is 0 Å². The fraction of sp³-hybridized carbons (Fsp3) is 0.333. The van der Waals surface area contributed by atoms with Crippen LogP contribution in [-0.4, -0.2) is 12.5 Å². The molecule has 0 aromatic heterocycles. The highest BCUT2D eigenvalue weighted by Gasteiger charge is 2.35. The van der Waals surface area contributed by atoms with Gasteiger partial charge in [-0.25, -0.2) is 0 Å². The summed E-state index contributed by atoms with van der Waals surface area (Å²) in [5, 5.41) is 8.59. The lowest BCUT2D eigenvalue weighted by atomic mass is 10.1. The maximum atomic E-state index is 12.8. The Hall–Kier alpha value is -2.23. The molecule has 2 N–H and O–H groups in total. The summed E-state index contributed by atoms with van der Waals surface area (Å²) < 4.78 is 43.3. The summed E-state index contributed by atoms with van der Waals surface area (Å²) in [6.07, 6.45) is -4.64. The van der Waals surface area contributed by atoms with Crippen molar-refractivity contribution < 1.29 is 22.7 Å². The van der Waals surface area contributed by atoms with E-state index in [0.29, 0.717) is 6.07 Å². The molecule has 1 aromatic carbocycles. The molecular weight excluding hydrogens is 261 g/mol. The topological polar surface area (TPSA) is 76.1 Å². The van der Waals surface area contributed by atoms with Crippen LogP contribution in [0.15, 0.2) is 18.2 Å². The normalized spacial score (nSPS) is 12.6. The zero-order chi connectivity index (χ0) is 14.6. The largest absolute Gasteiger partial charge is 0.492 e. The molecule has 0 saturated carbocycles. The number of amides is 1.